The molecular weight excluding hydrogens is 294 g/mol. The maximum Gasteiger partial charge on any atom is 0.194 e. The summed E-state index contributed by atoms with van der Waals surface area (Å²) in [5.41, 5.74) is 1.19. The summed E-state index contributed by atoms with van der Waals surface area (Å²) in [6.07, 6.45) is 3.21. The zero-order valence-corrected chi connectivity index (χ0v) is 11.5. The molecule has 92 valence electrons. The lowest BCUT2D eigenvalue weighted by Crippen LogP contribution is -2.02. The van der Waals surface area contributed by atoms with Gasteiger partial charge in [-0.2, -0.15) is 0 Å². The lowest BCUT2D eigenvalue weighted by Gasteiger charge is -2.04. The van der Waals surface area contributed by atoms with Gasteiger partial charge < -0.3 is 4.74 Å². The van der Waals surface area contributed by atoms with Crippen LogP contribution in [0.3, 0.4) is 0 Å². The highest BCUT2D eigenvalue weighted by Crippen LogP contribution is 2.17. The molecule has 0 spiro atoms. The molecule has 18 heavy (non-hydrogen) atoms. The number of pyridine rings is 1. The van der Waals surface area contributed by atoms with E-state index in [4.69, 9.17) is 4.74 Å². The first-order chi connectivity index (χ1) is 8.70. The number of nitrogens with zero attached hydrogens (tertiary/aromatic N) is 1. The molecule has 0 unspecified atom stereocenters. The summed E-state index contributed by atoms with van der Waals surface area (Å²) in [4.78, 5) is 16.2. The van der Waals surface area contributed by atoms with Gasteiger partial charge in [0.15, 0.2) is 5.78 Å². The van der Waals surface area contributed by atoms with Gasteiger partial charge in [0.05, 0.1) is 6.61 Å². The van der Waals surface area contributed by atoms with Gasteiger partial charge in [0.25, 0.3) is 0 Å². The van der Waals surface area contributed by atoms with Crippen LogP contribution in [0.5, 0.6) is 5.75 Å². The van der Waals surface area contributed by atoms with Crippen molar-refractivity contribution in [1.82, 2.24) is 4.98 Å². The monoisotopic (exact) mass is 305 g/mol. The third kappa shape index (κ3) is 2.96. The van der Waals surface area contributed by atoms with E-state index in [-0.39, 0.29) is 5.78 Å². The third-order valence-electron chi connectivity index (χ3n) is 2.39. The van der Waals surface area contributed by atoms with E-state index in [1.54, 1.807) is 42.7 Å². The fourth-order valence-electron chi connectivity index (χ4n) is 1.57. The average Bonchev–Trinajstić information content (AvgIpc) is 2.39. The number of carbonyl (C=O) groups is 1. The van der Waals surface area contributed by atoms with Crippen molar-refractivity contribution in [3.63, 3.8) is 0 Å². The first kappa shape index (κ1) is 12.8. The van der Waals surface area contributed by atoms with Crippen LogP contribution in [0.15, 0.2) is 47.2 Å². The van der Waals surface area contributed by atoms with Crippen LogP contribution in [-0.4, -0.2) is 17.4 Å². The Balaban J connectivity index is 2.23. The lowest BCUT2D eigenvalue weighted by molar-refractivity contribution is 0.103. The highest BCUT2D eigenvalue weighted by Gasteiger charge is 2.09. The van der Waals surface area contributed by atoms with Gasteiger partial charge in [0.1, 0.15) is 5.75 Å². The van der Waals surface area contributed by atoms with Crippen LogP contribution in [-0.2, 0) is 0 Å². The number of benzene rings is 1. The molecule has 0 amide bonds. The van der Waals surface area contributed by atoms with E-state index in [0.29, 0.717) is 17.7 Å². The molecule has 0 N–H and O–H groups in total. The van der Waals surface area contributed by atoms with Gasteiger partial charge in [-0.3, -0.25) is 9.78 Å². The topological polar surface area (TPSA) is 39.2 Å². The first-order valence-corrected chi connectivity index (χ1v) is 6.38. The SMILES string of the molecule is CCOc1ccc(C(=O)c2cncc(Br)c2)cc1. The molecule has 4 heteroatoms. The number of ether oxygens (including phenoxy) is 1. The predicted molar refractivity (Wildman–Crippen MR) is 73.0 cm³/mol. The van der Waals surface area contributed by atoms with Gasteiger partial charge in [-0.05, 0) is 53.2 Å². The highest BCUT2D eigenvalue weighted by molar-refractivity contribution is 9.10. The second kappa shape index (κ2) is 5.78. The van der Waals surface area contributed by atoms with Gasteiger partial charge in [-0.25, -0.2) is 0 Å². The van der Waals surface area contributed by atoms with Crippen molar-refractivity contribution in [2.24, 2.45) is 0 Å². The van der Waals surface area contributed by atoms with Gasteiger partial charge >= 0.3 is 0 Å². The van der Waals surface area contributed by atoms with Crippen molar-refractivity contribution in [2.45, 2.75) is 6.92 Å². The van der Waals surface area contributed by atoms with Gasteiger partial charge in [0, 0.05) is 28.0 Å². The van der Waals surface area contributed by atoms with E-state index >= 15 is 0 Å². The van der Waals surface area contributed by atoms with Crippen molar-refractivity contribution in [2.75, 3.05) is 6.61 Å². The Labute approximate surface area is 114 Å². The number of hydrogen-bond acceptors (Lipinski definition) is 3. The molecular formula is C14H12BrNO2. The fourth-order valence-corrected chi connectivity index (χ4v) is 1.94. The number of carbonyl (C=O) groups excluding carboxylic acids is 1. The van der Waals surface area contributed by atoms with Crippen LogP contribution in [0.1, 0.15) is 22.8 Å². The molecule has 0 radical (unpaired) electrons. The summed E-state index contributed by atoms with van der Waals surface area (Å²) in [6.45, 7) is 2.54. The minimum Gasteiger partial charge on any atom is -0.494 e. The summed E-state index contributed by atoms with van der Waals surface area (Å²) >= 11 is 3.30. The van der Waals surface area contributed by atoms with Gasteiger partial charge in [-0.1, -0.05) is 0 Å². The van der Waals surface area contributed by atoms with Crippen molar-refractivity contribution in [3.8, 4) is 5.75 Å². The van der Waals surface area contributed by atoms with Crippen LogP contribution in [0.25, 0.3) is 0 Å². The Hall–Kier alpha value is -1.68. The standard InChI is InChI=1S/C14H12BrNO2/c1-2-18-13-5-3-10(4-6-13)14(17)11-7-12(15)9-16-8-11/h3-9H,2H2,1H3. The highest BCUT2D eigenvalue weighted by atomic mass is 79.9. The molecule has 2 rings (SSSR count). The van der Waals surface area contributed by atoms with Gasteiger partial charge in [0.2, 0.25) is 0 Å². The van der Waals surface area contributed by atoms with E-state index in [1.165, 1.54) is 0 Å². The van der Waals surface area contributed by atoms with Crippen molar-refractivity contribution in [3.05, 3.63) is 58.3 Å². The number of aromatic nitrogens is 1. The second-order valence-corrected chi connectivity index (χ2v) is 4.59. The molecule has 0 bridgehead atoms. The quantitative estimate of drug-likeness (QED) is 0.812. The van der Waals surface area contributed by atoms with Crippen LogP contribution in [0, 0.1) is 0 Å². The van der Waals surface area contributed by atoms with Crippen molar-refractivity contribution < 1.29 is 9.53 Å². The maximum absolute atomic E-state index is 12.2. The molecule has 3 nitrogen and oxygen atoms in total. The minimum absolute atomic E-state index is 0.0492. The Morgan fingerprint density at radius 2 is 1.94 bits per heavy atom. The summed E-state index contributed by atoms with van der Waals surface area (Å²) in [7, 11) is 0. The summed E-state index contributed by atoms with van der Waals surface area (Å²) in [5.74, 6) is 0.716. The number of rotatable bonds is 4. The van der Waals surface area contributed by atoms with Crippen LogP contribution in [0.4, 0.5) is 0 Å². The molecule has 0 atom stereocenters. The van der Waals surface area contributed by atoms with Crippen molar-refractivity contribution in [1.29, 1.82) is 0 Å². The molecule has 2 aromatic rings. The summed E-state index contributed by atoms with van der Waals surface area (Å²) in [6, 6.07) is 8.86. The number of ketones is 1. The Morgan fingerprint density at radius 3 is 2.56 bits per heavy atom. The Morgan fingerprint density at radius 1 is 1.22 bits per heavy atom. The zero-order valence-electron chi connectivity index (χ0n) is 9.89. The van der Waals surface area contributed by atoms with Crippen LogP contribution >= 0.6 is 15.9 Å². The maximum atomic E-state index is 12.2. The van der Waals surface area contributed by atoms with E-state index in [9.17, 15) is 4.79 Å². The molecule has 0 aliphatic rings. The van der Waals surface area contributed by atoms with E-state index in [1.807, 2.05) is 6.92 Å². The molecule has 0 aliphatic heterocycles. The molecule has 0 saturated carbocycles. The van der Waals surface area contributed by atoms with E-state index in [0.717, 1.165) is 10.2 Å². The average molecular weight is 306 g/mol. The van der Waals surface area contributed by atoms with Gasteiger partial charge in [-0.15, -0.1) is 0 Å². The number of halogens is 1. The van der Waals surface area contributed by atoms with E-state index in [2.05, 4.69) is 20.9 Å². The van der Waals surface area contributed by atoms with Crippen LogP contribution < -0.4 is 4.74 Å². The third-order valence-corrected chi connectivity index (χ3v) is 2.83. The number of hydrogen-bond donors (Lipinski definition) is 0. The normalized spacial score (nSPS) is 10.1. The molecule has 0 fully saturated rings. The zero-order chi connectivity index (χ0) is 13.0. The fraction of sp³-hybridized carbons (Fsp3) is 0.143. The van der Waals surface area contributed by atoms with Crippen LogP contribution in [0.2, 0.25) is 0 Å². The lowest BCUT2D eigenvalue weighted by atomic mass is 10.1. The van der Waals surface area contributed by atoms with E-state index < -0.39 is 0 Å². The summed E-state index contributed by atoms with van der Waals surface area (Å²) in [5, 5.41) is 0. The minimum atomic E-state index is -0.0492. The molecule has 0 aliphatic carbocycles. The summed E-state index contributed by atoms with van der Waals surface area (Å²) < 4.78 is 6.13. The Bertz CT molecular complexity index is 552. The first-order valence-electron chi connectivity index (χ1n) is 5.59. The molecule has 1 aromatic heterocycles. The molecule has 1 aromatic carbocycles. The molecule has 1 heterocycles. The largest absolute Gasteiger partial charge is 0.494 e. The predicted octanol–water partition coefficient (Wildman–Crippen LogP) is 3.47. The van der Waals surface area contributed by atoms with Crippen molar-refractivity contribution >= 4 is 21.7 Å². The second-order valence-electron chi connectivity index (χ2n) is 3.68. The smallest absolute Gasteiger partial charge is 0.194 e. The Kier molecular flexibility index (Phi) is 4.10. The molecule has 0 saturated heterocycles.